The van der Waals surface area contributed by atoms with Crippen molar-refractivity contribution < 1.29 is 9.13 Å². The predicted octanol–water partition coefficient (Wildman–Crippen LogP) is 1.06. The van der Waals surface area contributed by atoms with Crippen molar-refractivity contribution >= 4 is 5.69 Å². The zero-order valence-corrected chi connectivity index (χ0v) is 7.24. The number of nitrogens with zero attached hydrogens (tertiary/aromatic N) is 2. The summed E-state index contributed by atoms with van der Waals surface area (Å²) in [6, 6.07) is 1.70. The maximum Gasteiger partial charge on any atom is 0.164 e. The molecule has 1 aliphatic rings. The van der Waals surface area contributed by atoms with E-state index in [4.69, 9.17) is 4.74 Å². The quantitative estimate of drug-likeness (QED) is 0.649. The van der Waals surface area contributed by atoms with Gasteiger partial charge in [0.2, 0.25) is 0 Å². The van der Waals surface area contributed by atoms with Crippen LogP contribution in [0.15, 0.2) is 18.5 Å². The fourth-order valence-electron chi connectivity index (χ4n) is 1.43. The number of hydrogen-bond donors (Lipinski definition) is 0. The van der Waals surface area contributed by atoms with Crippen molar-refractivity contribution in [1.82, 2.24) is 4.98 Å². The molecule has 3 nitrogen and oxygen atoms in total. The Hall–Kier alpha value is -1.16. The second-order valence-electron chi connectivity index (χ2n) is 2.93. The van der Waals surface area contributed by atoms with Gasteiger partial charge in [-0.15, -0.1) is 0 Å². The Morgan fingerprint density at radius 2 is 2.15 bits per heavy atom. The molecule has 2 heterocycles. The minimum Gasteiger partial charge on any atom is -0.378 e. The number of morpholine rings is 1. The smallest absolute Gasteiger partial charge is 0.164 e. The van der Waals surface area contributed by atoms with Gasteiger partial charge in [0.1, 0.15) is 0 Å². The molecule has 0 amide bonds. The summed E-state index contributed by atoms with van der Waals surface area (Å²) in [5, 5.41) is 0. The molecule has 0 bridgehead atoms. The number of anilines is 1. The van der Waals surface area contributed by atoms with Crippen LogP contribution in [0, 0.1) is 5.82 Å². The summed E-state index contributed by atoms with van der Waals surface area (Å²) in [5.74, 6) is -0.260. The summed E-state index contributed by atoms with van der Waals surface area (Å²) in [6.07, 6.45) is 2.85. The van der Waals surface area contributed by atoms with Crippen LogP contribution in [-0.2, 0) is 4.74 Å². The molecule has 1 aromatic heterocycles. The van der Waals surface area contributed by atoms with E-state index in [9.17, 15) is 4.39 Å². The van der Waals surface area contributed by atoms with Gasteiger partial charge in [-0.2, -0.15) is 0 Å². The van der Waals surface area contributed by atoms with E-state index in [0.717, 1.165) is 13.1 Å². The van der Waals surface area contributed by atoms with Crippen molar-refractivity contribution in [1.29, 1.82) is 0 Å². The average Bonchev–Trinajstić information content (AvgIpc) is 2.20. The molecule has 1 aliphatic heterocycles. The Morgan fingerprint density at radius 3 is 2.85 bits per heavy atom. The first-order valence-electron chi connectivity index (χ1n) is 4.30. The lowest BCUT2D eigenvalue weighted by Gasteiger charge is -2.28. The van der Waals surface area contributed by atoms with Gasteiger partial charge in [0, 0.05) is 19.3 Å². The average molecular weight is 182 g/mol. The van der Waals surface area contributed by atoms with Crippen molar-refractivity contribution in [2.24, 2.45) is 0 Å². The Balaban J connectivity index is 2.18. The lowest BCUT2D eigenvalue weighted by atomic mass is 10.3. The van der Waals surface area contributed by atoms with Gasteiger partial charge in [0.15, 0.2) is 5.82 Å². The Bertz CT molecular complexity index is 287. The summed E-state index contributed by atoms with van der Waals surface area (Å²) in [7, 11) is 0. The van der Waals surface area contributed by atoms with Gasteiger partial charge < -0.3 is 9.64 Å². The maximum atomic E-state index is 13.2. The highest BCUT2D eigenvalue weighted by Crippen LogP contribution is 2.18. The van der Waals surface area contributed by atoms with Gasteiger partial charge in [0.25, 0.3) is 0 Å². The molecule has 4 heteroatoms. The molecule has 0 N–H and O–H groups in total. The van der Waals surface area contributed by atoms with Crippen LogP contribution in [0.3, 0.4) is 0 Å². The van der Waals surface area contributed by atoms with Crippen LogP contribution in [0.5, 0.6) is 0 Å². The highest BCUT2D eigenvalue weighted by molar-refractivity contribution is 5.46. The number of pyridine rings is 1. The number of ether oxygens (including phenoxy) is 1. The molecule has 0 spiro atoms. The van der Waals surface area contributed by atoms with Gasteiger partial charge in [-0.05, 0) is 6.07 Å². The first kappa shape index (κ1) is 8.44. The molecule has 0 radical (unpaired) electrons. The summed E-state index contributed by atoms with van der Waals surface area (Å²) in [4.78, 5) is 5.68. The number of rotatable bonds is 1. The van der Waals surface area contributed by atoms with Gasteiger partial charge in [-0.25, -0.2) is 4.39 Å². The second kappa shape index (κ2) is 3.70. The molecule has 0 saturated carbocycles. The molecule has 70 valence electrons. The third-order valence-electron chi connectivity index (χ3n) is 2.10. The number of aromatic nitrogens is 1. The molecule has 0 unspecified atom stereocenters. The topological polar surface area (TPSA) is 25.4 Å². The van der Waals surface area contributed by atoms with E-state index in [1.807, 2.05) is 4.90 Å². The van der Waals surface area contributed by atoms with Crippen molar-refractivity contribution in [3.05, 3.63) is 24.3 Å². The van der Waals surface area contributed by atoms with E-state index >= 15 is 0 Å². The molecule has 0 aliphatic carbocycles. The summed E-state index contributed by atoms with van der Waals surface area (Å²) >= 11 is 0. The first-order valence-corrected chi connectivity index (χ1v) is 4.30. The van der Waals surface area contributed by atoms with Crippen LogP contribution in [0.4, 0.5) is 10.1 Å². The van der Waals surface area contributed by atoms with Crippen LogP contribution in [0.2, 0.25) is 0 Å². The Morgan fingerprint density at radius 1 is 1.38 bits per heavy atom. The molecule has 13 heavy (non-hydrogen) atoms. The van der Waals surface area contributed by atoms with Gasteiger partial charge in [0.05, 0.1) is 25.1 Å². The van der Waals surface area contributed by atoms with Crippen molar-refractivity contribution in [2.75, 3.05) is 31.2 Å². The van der Waals surface area contributed by atoms with E-state index in [1.54, 1.807) is 12.3 Å². The van der Waals surface area contributed by atoms with E-state index in [2.05, 4.69) is 4.98 Å². The normalized spacial score (nSPS) is 17.5. The van der Waals surface area contributed by atoms with Gasteiger partial charge in [-0.3, -0.25) is 4.98 Å². The zero-order chi connectivity index (χ0) is 9.10. The van der Waals surface area contributed by atoms with Crippen molar-refractivity contribution in [3.63, 3.8) is 0 Å². The fraction of sp³-hybridized carbons (Fsp3) is 0.444. The van der Waals surface area contributed by atoms with Crippen molar-refractivity contribution in [3.8, 4) is 0 Å². The van der Waals surface area contributed by atoms with Crippen LogP contribution in [0.1, 0.15) is 0 Å². The van der Waals surface area contributed by atoms with Crippen LogP contribution in [0.25, 0.3) is 0 Å². The fourth-order valence-corrected chi connectivity index (χ4v) is 1.43. The Kier molecular flexibility index (Phi) is 2.40. The minimum absolute atomic E-state index is 0.260. The molecular weight excluding hydrogens is 171 g/mol. The molecule has 1 fully saturated rings. The summed E-state index contributed by atoms with van der Waals surface area (Å²) in [6.45, 7) is 2.84. The molecule has 2 rings (SSSR count). The first-order chi connectivity index (χ1) is 6.38. The van der Waals surface area contributed by atoms with E-state index in [1.165, 1.54) is 6.20 Å². The lowest BCUT2D eigenvalue weighted by molar-refractivity contribution is 0.122. The van der Waals surface area contributed by atoms with Crippen molar-refractivity contribution in [2.45, 2.75) is 0 Å². The summed E-state index contributed by atoms with van der Waals surface area (Å²) < 4.78 is 18.4. The highest BCUT2D eigenvalue weighted by Gasteiger charge is 2.14. The van der Waals surface area contributed by atoms with Gasteiger partial charge >= 0.3 is 0 Å². The second-order valence-corrected chi connectivity index (χ2v) is 2.93. The number of halogens is 1. The standard InChI is InChI=1S/C9H11FN2O/c10-8-7-11-2-1-9(8)12-3-5-13-6-4-12/h1-2,7H,3-6H2. The molecule has 0 aromatic carbocycles. The third kappa shape index (κ3) is 1.78. The lowest BCUT2D eigenvalue weighted by Crippen LogP contribution is -2.36. The van der Waals surface area contributed by atoms with E-state index < -0.39 is 0 Å². The zero-order valence-electron chi connectivity index (χ0n) is 7.24. The molecule has 0 atom stereocenters. The Labute approximate surface area is 76.1 Å². The molecule has 1 saturated heterocycles. The van der Waals surface area contributed by atoms with Gasteiger partial charge in [-0.1, -0.05) is 0 Å². The largest absolute Gasteiger partial charge is 0.378 e. The SMILES string of the molecule is Fc1cnccc1N1CCOCC1. The van der Waals surface area contributed by atoms with Crippen LogP contribution >= 0.6 is 0 Å². The number of hydrogen-bond acceptors (Lipinski definition) is 3. The molecular formula is C9H11FN2O. The monoisotopic (exact) mass is 182 g/mol. The minimum atomic E-state index is -0.260. The predicted molar refractivity (Wildman–Crippen MR) is 47.2 cm³/mol. The van der Waals surface area contributed by atoms with Crippen LogP contribution in [-0.4, -0.2) is 31.3 Å². The molecule has 1 aromatic rings. The highest BCUT2D eigenvalue weighted by atomic mass is 19.1. The van der Waals surface area contributed by atoms with E-state index in [0.29, 0.717) is 18.9 Å². The van der Waals surface area contributed by atoms with E-state index in [-0.39, 0.29) is 5.82 Å². The maximum absolute atomic E-state index is 13.2. The third-order valence-corrected chi connectivity index (χ3v) is 2.10. The summed E-state index contributed by atoms with van der Waals surface area (Å²) in [5.41, 5.74) is 0.623. The van der Waals surface area contributed by atoms with Crippen LogP contribution < -0.4 is 4.90 Å².